The number of aromatic nitrogens is 4. The number of carboxylic acid groups (broad SMARTS) is 1. The van der Waals surface area contributed by atoms with E-state index in [4.69, 9.17) is 32.8 Å². The third kappa shape index (κ3) is 4.26. The van der Waals surface area contributed by atoms with Gasteiger partial charge in [-0.05, 0) is 24.6 Å². The van der Waals surface area contributed by atoms with Gasteiger partial charge in [-0.15, -0.1) is 0 Å². The lowest BCUT2D eigenvalue weighted by atomic mass is 10.1. The molecule has 1 N–H and O–H groups in total. The number of alkyl halides is 3. The first-order valence-corrected chi connectivity index (χ1v) is 9.58. The molecule has 7 nitrogen and oxygen atoms in total. The van der Waals surface area contributed by atoms with Crippen LogP contribution in [0.2, 0.25) is 10.0 Å². The first-order chi connectivity index (χ1) is 15.0. The van der Waals surface area contributed by atoms with Gasteiger partial charge in [-0.1, -0.05) is 28.4 Å². The molecule has 0 saturated carbocycles. The van der Waals surface area contributed by atoms with Crippen molar-refractivity contribution < 1.29 is 32.0 Å². The van der Waals surface area contributed by atoms with Gasteiger partial charge >= 0.3 is 12.1 Å². The van der Waals surface area contributed by atoms with Crippen LogP contribution < -0.4 is 0 Å². The van der Waals surface area contributed by atoms with Crippen LogP contribution in [-0.2, 0) is 17.4 Å². The minimum absolute atomic E-state index is 0.00760. The minimum Gasteiger partial charge on any atom is -0.481 e. The maximum absolute atomic E-state index is 14.4. The Morgan fingerprint density at radius 1 is 1.12 bits per heavy atom. The number of hydrogen-bond donors (Lipinski definition) is 1. The second-order valence-corrected chi connectivity index (χ2v) is 7.48. The fourth-order valence-electron chi connectivity index (χ4n) is 2.96. The lowest BCUT2D eigenvalue weighted by molar-refractivity contribution is -0.138. The zero-order chi connectivity index (χ0) is 23.2. The Labute approximate surface area is 186 Å². The number of carboxylic acids is 1. The van der Waals surface area contributed by atoms with Crippen LogP contribution in [0.5, 0.6) is 0 Å². The van der Waals surface area contributed by atoms with E-state index >= 15 is 0 Å². The molecular formula is C19H10Cl2F4N4O3. The van der Waals surface area contributed by atoms with E-state index in [1.54, 1.807) is 0 Å². The van der Waals surface area contributed by atoms with Gasteiger partial charge in [0.15, 0.2) is 5.65 Å². The fourth-order valence-corrected chi connectivity index (χ4v) is 3.52. The summed E-state index contributed by atoms with van der Waals surface area (Å²) in [6.45, 7) is 0. The molecule has 13 heteroatoms. The Kier molecular flexibility index (Phi) is 5.55. The highest BCUT2D eigenvalue weighted by Crippen LogP contribution is 2.33. The van der Waals surface area contributed by atoms with Crippen molar-refractivity contribution in [3.63, 3.8) is 0 Å². The topological polar surface area (TPSA) is 93.5 Å². The number of hydrogen-bond acceptors (Lipinski definition) is 5. The van der Waals surface area contributed by atoms with E-state index in [1.807, 2.05) is 0 Å². The molecule has 0 aliphatic heterocycles. The van der Waals surface area contributed by atoms with E-state index in [2.05, 4.69) is 15.1 Å². The fraction of sp³-hybridized carbons (Fsp3) is 0.158. The number of halogens is 6. The van der Waals surface area contributed by atoms with E-state index in [0.717, 1.165) is 22.7 Å². The van der Waals surface area contributed by atoms with Crippen molar-refractivity contribution in [2.24, 2.45) is 0 Å². The molecule has 0 bridgehead atoms. The van der Waals surface area contributed by atoms with E-state index in [0.29, 0.717) is 0 Å². The molecule has 0 radical (unpaired) electrons. The predicted octanol–water partition coefficient (Wildman–Crippen LogP) is 5.53. The lowest BCUT2D eigenvalue weighted by Gasteiger charge is -2.07. The average molecular weight is 489 g/mol. The van der Waals surface area contributed by atoms with Gasteiger partial charge in [0.2, 0.25) is 5.82 Å². The molecule has 0 atom stereocenters. The van der Waals surface area contributed by atoms with Crippen molar-refractivity contribution in [2.75, 3.05) is 0 Å². The van der Waals surface area contributed by atoms with E-state index in [1.165, 1.54) is 12.3 Å². The Morgan fingerprint density at radius 2 is 1.88 bits per heavy atom. The van der Waals surface area contributed by atoms with E-state index in [-0.39, 0.29) is 57.1 Å². The van der Waals surface area contributed by atoms with Crippen LogP contribution in [0, 0.1) is 5.82 Å². The number of nitrogens with zero attached hydrogens (tertiary/aromatic N) is 4. The summed E-state index contributed by atoms with van der Waals surface area (Å²) < 4.78 is 59.6. The Bertz CT molecular complexity index is 1330. The predicted molar refractivity (Wildman–Crippen MR) is 105 cm³/mol. The molecule has 4 rings (SSSR count). The van der Waals surface area contributed by atoms with Crippen molar-refractivity contribution in [1.29, 1.82) is 0 Å². The summed E-state index contributed by atoms with van der Waals surface area (Å²) in [5.74, 6) is -2.02. The summed E-state index contributed by atoms with van der Waals surface area (Å²) in [7, 11) is 0. The van der Waals surface area contributed by atoms with Crippen LogP contribution in [0.15, 0.2) is 35.1 Å². The quantitative estimate of drug-likeness (QED) is 0.371. The highest BCUT2D eigenvalue weighted by atomic mass is 35.5. The van der Waals surface area contributed by atoms with Gasteiger partial charge in [-0.25, -0.2) is 9.37 Å². The average Bonchev–Trinajstić information content (AvgIpc) is 3.33. The number of imidazole rings is 1. The molecule has 166 valence electrons. The van der Waals surface area contributed by atoms with Crippen molar-refractivity contribution in [1.82, 2.24) is 19.5 Å². The highest BCUT2D eigenvalue weighted by molar-refractivity contribution is 6.33. The molecule has 4 aromatic rings. The van der Waals surface area contributed by atoms with Gasteiger partial charge in [0, 0.05) is 35.0 Å². The van der Waals surface area contributed by atoms with Gasteiger partial charge < -0.3 is 14.0 Å². The lowest BCUT2D eigenvalue weighted by Crippen LogP contribution is -2.06. The summed E-state index contributed by atoms with van der Waals surface area (Å²) >= 11 is 12.0. The van der Waals surface area contributed by atoms with Crippen LogP contribution in [0.25, 0.3) is 28.6 Å². The first kappa shape index (κ1) is 22.0. The van der Waals surface area contributed by atoms with Gasteiger partial charge in [0.25, 0.3) is 5.89 Å². The molecule has 0 unspecified atom stereocenters. The molecular weight excluding hydrogens is 479 g/mol. The Hall–Kier alpha value is -3.18. The largest absolute Gasteiger partial charge is 0.481 e. The summed E-state index contributed by atoms with van der Waals surface area (Å²) in [5, 5.41) is 12.3. The maximum Gasteiger partial charge on any atom is 0.417 e. The van der Waals surface area contributed by atoms with Crippen molar-refractivity contribution >= 4 is 34.8 Å². The number of pyridine rings is 1. The van der Waals surface area contributed by atoms with Crippen molar-refractivity contribution in [3.05, 3.63) is 57.6 Å². The molecule has 1 aromatic carbocycles. The molecule has 0 spiro atoms. The molecule has 0 aliphatic rings. The van der Waals surface area contributed by atoms with Crippen LogP contribution in [0.1, 0.15) is 17.5 Å². The molecule has 3 aromatic heterocycles. The smallest absolute Gasteiger partial charge is 0.417 e. The van der Waals surface area contributed by atoms with Crippen molar-refractivity contribution in [2.45, 2.75) is 19.0 Å². The van der Waals surface area contributed by atoms with E-state index < -0.39 is 23.5 Å². The number of benzene rings is 1. The van der Waals surface area contributed by atoms with Gasteiger partial charge in [0.1, 0.15) is 11.5 Å². The summed E-state index contributed by atoms with van der Waals surface area (Å²) in [5.41, 5.74) is -0.668. The second-order valence-electron chi connectivity index (χ2n) is 6.67. The molecule has 32 heavy (non-hydrogen) atoms. The van der Waals surface area contributed by atoms with Crippen LogP contribution in [0.4, 0.5) is 17.6 Å². The van der Waals surface area contributed by atoms with Gasteiger partial charge in [-0.2, -0.15) is 18.2 Å². The molecule has 0 fully saturated rings. The van der Waals surface area contributed by atoms with E-state index in [9.17, 15) is 22.4 Å². The first-order valence-electron chi connectivity index (χ1n) is 8.82. The minimum atomic E-state index is -4.60. The molecule has 3 heterocycles. The van der Waals surface area contributed by atoms with Crippen LogP contribution in [-0.4, -0.2) is 30.6 Å². The van der Waals surface area contributed by atoms with Crippen LogP contribution in [0.3, 0.4) is 0 Å². The summed E-state index contributed by atoms with van der Waals surface area (Å²) in [4.78, 5) is 18.9. The second kappa shape index (κ2) is 8.06. The molecule has 0 saturated heterocycles. The number of carbonyl (C=O) groups is 1. The number of aliphatic carboxylic acids is 1. The Balaban J connectivity index is 1.68. The maximum atomic E-state index is 14.4. The summed E-state index contributed by atoms with van der Waals surface area (Å²) in [6.07, 6.45) is -2.94. The Morgan fingerprint density at radius 3 is 2.53 bits per heavy atom. The third-order valence-corrected chi connectivity index (χ3v) is 5.08. The number of fused-ring (bicyclic) bond motifs is 1. The SMILES string of the molecule is O=C(O)CCc1c(F)cc(-c2noc(-c3cn4cc(C(F)(F)F)cc(Cl)c4n3)n2)cc1Cl. The molecule has 0 aliphatic carbocycles. The van der Waals surface area contributed by atoms with Crippen molar-refractivity contribution in [3.8, 4) is 23.0 Å². The number of rotatable bonds is 5. The standard InChI is InChI=1S/C19H10Cl2F4N4O3/c20-11-3-8(4-13(22)10(11)1-2-15(30)31)16-27-18(32-28-16)14-7-29-6-9(19(23,24)25)5-12(21)17(29)26-14/h3-7H,1-2H2,(H,30,31). The summed E-state index contributed by atoms with van der Waals surface area (Å²) in [6, 6.07) is 3.18. The normalized spacial score (nSPS) is 11.9. The third-order valence-electron chi connectivity index (χ3n) is 4.47. The molecule has 0 amide bonds. The van der Waals surface area contributed by atoms with Gasteiger partial charge in [0.05, 0.1) is 10.6 Å². The highest BCUT2D eigenvalue weighted by Gasteiger charge is 2.32. The van der Waals surface area contributed by atoms with Gasteiger partial charge in [-0.3, -0.25) is 4.79 Å². The zero-order valence-electron chi connectivity index (χ0n) is 15.6. The zero-order valence-corrected chi connectivity index (χ0v) is 17.1. The van der Waals surface area contributed by atoms with Crippen LogP contribution >= 0.6 is 23.2 Å². The monoisotopic (exact) mass is 488 g/mol.